The molecule has 0 unspecified atom stereocenters. The molecule has 0 bridgehead atoms. The van der Waals surface area contributed by atoms with E-state index in [-0.39, 0.29) is 22.7 Å². The number of carbonyl (C=O) groups excluding carboxylic acids is 2. The summed E-state index contributed by atoms with van der Waals surface area (Å²) < 4.78 is 4.96. The molecule has 0 atom stereocenters. The van der Waals surface area contributed by atoms with E-state index in [1.807, 2.05) is 20.8 Å². The number of amides is 1. The van der Waals surface area contributed by atoms with Crippen LogP contribution in [-0.4, -0.2) is 29.0 Å². The second kappa shape index (κ2) is 6.64. The molecular weight excluding hydrogens is 296 g/mol. The number of carbonyl (C=O) groups is 2. The van der Waals surface area contributed by atoms with Gasteiger partial charge in [0.25, 0.3) is 11.5 Å². The van der Waals surface area contributed by atoms with Gasteiger partial charge in [-0.1, -0.05) is 25.1 Å². The van der Waals surface area contributed by atoms with Crippen LogP contribution in [0.25, 0.3) is 10.8 Å². The third-order valence-corrected chi connectivity index (χ3v) is 3.67. The Morgan fingerprint density at radius 2 is 1.96 bits per heavy atom. The van der Waals surface area contributed by atoms with E-state index in [2.05, 4.69) is 10.3 Å². The van der Waals surface area contributed by atoms with Gasteiger partial charge in [0.2, 0.25) is 0 Å². The average molecular weight is 316 g/mol. The molecule has 0 saturated heterocycles. The SMILES string of the molecule is CCC(C)(C)NC(=O)COC(=O)c1cc2ccccc2c(=O)[nH]1. The standard InChI is InChI=1S/C17H20N2O4/c1-4-17(2,3)19-14(20)10-23-16(22)13-9-11-7-5-6-8-12(11)15(21)18-13/h5-9H,4,10H2,1-3H3,(H,18,21)(H,19,20). The van der Waals surface area contributed by atoms with Crippen molar-refractivity contribution in [3.8, 4) is 0 Å². The van der Waals surface area contributed by atoms with Gasteiger partial charge in [0.1, 0.15) is 5.69 Å². The minimum Gasteiger partial charge on any atom is -0.451 e. The van der Waals surface area contributed by atoms with Crippen molar-refractivity contribution in [1.82, 2.24) is 10.3 Å². The lowest BCUT2D eigenvalue weighted by atomic mass is 10.0. The topological polar surface area (TPSA) is 88.3 Å². The molecule has 1 amide bonds. The van der Waals surface area contributed by atoms with Gasteiger partial charge in [-0.15, -0.1) is 0 Å². The zero-order chi connectivity index (χ0) is 17.0. The van der Waals surface area contributed by atoms with Gasteiger partial charge >= 0.3 is 5.97 Å². The molecule has 1 heterocycles. The fourth-order valence-corrected chi connectivity index (χ4v) is 2.03. The van der Waals surface area contributed by atoms with E-state index in [9.17, 15) is 14.4 Å². The van der Waals surface area contributed by atoms with Gasteiger partial charge in [-0.3, -0.25) is 9.59 Å². The van der Waals surface area contributed by atoms with Crippen LogP contribution >= 0.6 is 0 Å². The predicted molar refractivity (Wildman–Crippen MR) is 87.4 cm³/mol. The number of nitrogens with one attached hydrogen (secondary N) is 2. The van der Waals surface area contributed by atoms with Crippen LogP contribution < -0.4 is 10.9 Å². The molecule has 2 N–H and O–H groups in total. The van der Waals surface area contributed by atoms with Gasteiger partial charge in [-0.05, 0) is 37.8 Å². The molecule has 6 heteroatoms. The van der Waals surface area contributed by atoms with Crippen molar-refractivity contribution < 1.29 is 14.3 Å². The molecule has 0 saturated carbocycles. The number of H-pyrrole nitrogens is 1. The maximum absolute atomic E-state index is 12.0. The van der Waals surface area contributed by atoms with Gasteiger partial charge in [0, 0.05) is 10.9 Å². The van der Waals surface area contributed by atoms with Crippen LogP contribution in [0.2, 0.25) is 0 Å². The summed E-state index contributed by atoms with van der Waals surface area (Å²) in [5, 5.41) is 3.90. The highest BCUT2D eigenvalue weighted by molar-refractivity contribution is 5.94. The van der Waals surface area contributed by atoms with Gasteiger partial charge in [-0.2, -0.15) is 0 Å². The van der Waals surface area contributed by atoms with Crippen LogP contribution in [0, 0.1) is 0 Å². The Kier molecular flexibility index (Phi) is 4.83. The molecular formula is C17H20N2O4. The molecule has 23 heavy (non-hydrogen) atoms. The van der Waals surface area contributed by atoms with E-state index in [1.165, 1.54) is 6.07 Å². The number of fused-ring (bicyclic) bond motifs is 1. The van der Waals surface area contributed by atoms with E-state index in [0.717, 1.165) is 6.42 Å². The molecule has 0 fully saturated rings. The smallest absolute Gasteiger partial charge is 0.355 e. The molecule has 2 aromatic rings. The Balaban J connectivity index is 2.07. The molecule has 0 aliphatic heterocycles. The number of hydrogen-bond donors (Lipinski definition) is 2. The number of benzene rings is 1. The fraction of sp³-hybridized carbons (Fsp3) is 0.353. The second-order valence-electron chi connectivity index (χ2n) is 5.96. The van der Waals surface area contributed by atoms with Gasteiger partial charge < -0.3 is 15.0 Å². The van der Waals surface area contributed by atoms with Crippen molar-refractivity contribution in [2.24, 2.45) is 0 Å². The third-order valence-electron chi connectivity index (χ3n) is 3.67. The van der Waals surface area contributed by atoms with E-state index < -0.39 is 12.6 Å². The number of hydrogen-bond acceptors (Lipinski definition) is 4. The maximum atomic E-state index is 12.0. The molecule has 0 aliphatic rings. The highest BCUT2D eigenvalue weighted by Crippen LogP contribution is 2.10. The van der Waals surface area contributed by atoms with E-state index in [1.54, 1.807) is 24.3 Å². The van der Waals surface area contributed by atoms with Crippen molar-refractivity contribution in [1.29, 1.82) is 0 Å². The van der Waals surface area contributed by atoms with Crippen LogP contribution in [0.4, 0.5) is 0 Å². The largest absolute Gasteiger partial charge is 0.451 e. The first kappa shape index (κ1) is 16.7. The molecule has 1 aromatic carbocycles. The number of ether oxygens (including phenoxy) is 1. The minimum atomic E-state index is -0.739. The summed E-state index contributed by atoms with van der Waals surface area (Å²) in [5.74, 6) is -1.12. The van der Waals surface area contributed by atoms with E-state index >= 15 is 0 Å². The van der Waals surface area contributed by atoms with Crippen LogP contribution in [0.15, 0.2) is 35.1 Å². The van der Waals surface area contributed by atoms with Crippen LogP contribution in [0.1, 0.15) is 37.7 Å². The highest BCUT2D eigenvalue weighted by Gasteiger charge is 2.19. The van der Waals surface area contributed by atoms with Crippen molar-refractivity contribution >= 4 is 22.6 Å². The maximum Gasteiger partial charge on any atom is 0.355 e. The Morgan fingerprint density at radius 3 is 2.65 bits per heavy atom. The van der Waals surface area contributed by atoms with Crippen molar-refractivity contribution in [2.45, 2.75) is 32.7 Å². The highest BCUT2D eigenvalue weighted by atomic mass is 16.5. The molecule has 0 radical (unpaired) electrons. The number of esters is 1. The quantitative estimate of drug-likeness (QED) is 0.826. The van der Waals surface area contributed by atoms with Gasteiger partial charge in [0.05, 0.1) is 0 Å². The zero-order valence-electron chi connectivity index (χ0n) is 13.4. The van der Waals surface area contributed by atoms with Crippen molar-refractivity contribution in [2.75, 3.05) is 6.61 Å². The lowest BCUT2D eigenvalue weighted by molar-refractivity contribution is -0.125. The van der Waals surface area contributed by atoms with Crippen molar-refractivity contribution in [3.63, 3.8) is 0 Å². The van der Waals surface area contributed by atoms with Crippen molar-refractivity contribution in [3.05, 3.63) is 46.4 Å². The molecule has 0 aliphatic carbocycles. The lowest BCUT2D eigenvalue weighted by Crippen LogP contribution is -2.44. The minimum absolute atomic E-state index is 0.0243. The summed E-state index contributed by atoms with van der Waals surface area (Å²) in [6.07, 6.45) is 0.755. The number of pyridine rings is 1. The Labute approximate surface area is 133 Å². The summed E-state index contributed by atoms with van der Waals surface area (Å²) in [4.78, 5) is 38.2. The predicted octanol–water partition coefficient (Wildman–Crippen LogP) is 1.99. The molecule has 2 rings (SSSR count). The summed E-state index contributed by atoms with van der Waals surface area (Å²) in [6, 6.07) is 8.46. The molecule has 6 nitrogen and oxygen atoms in total. The normalized spacial score (nSPS) is 11.3. The number of rotatable bonds is 5. The zero-order valence-corrected chi connectivity index (χ0v) is 13.4. The van der Waals surface area contributed by atoms with Crippen LogP contribution in [-0.2, 0) is 9.53 Å². The molecule has 0 spiro atoms. The summed E-state index contributed by atoms with van der Waals surface area (Å²) in [7, 11) is 0. The Morgan fingerprint density at radius 1 is 1.26 bits per heavy atom. The fourth-order valence-electron chi connectivity index (χ4n) is 2.03. The number of aromatic nitrogens is 1. The lowest BCUT2D eigenvalue weighted by Gasteiger charge is -2.24. The molecule has 122 valence electrons. The summed E-state index contributed by atoms with van der Waals surface area (Å²) in [5.41, 5.74) is -0.705. The summed E-state index contributed by atoms with van der Waals surface area (Å²) >= 11 is 0. The monoisotopic (exact) mass is 316 g/mol. The first-order valence-electron chi connectivity index (χ1n) is 7.42. The van der Waals surface area contributed by atoms with Crippen LogP contribution in [0.3, 0.4) is 0 Å². The van der Waals surface area contributed by atoms with E-state index in [0.29, 0.717) is 10.8 Å². The van der Waals surface area contributed by atoms with Gasteiger partial charge in [0.15, 0.2) is 6.61 Å². The third kappa shape index (κ3) is 4.18. The molecule has 1 aromatic heterocycles. The first-order chi connectivity index (χ1) is 10.8. The average Bonchev–Trinajstić information content (AvgIpc) is 2.52. The Hall–Kier alpha value is -2.63. The van der Waals surface area contributed by atoms with Gasteiger partial charge in [-0.25, -0.2) is 4.79 Å². The number of aromatic amines is 1. The second-order valence-corrected chi connectivity index (χ2v) is 5.96. The Bertz CT molecular complexity index is 793. The first-order valence-corrected chi connectivity index (χ1v) is 7.42. The van der Waals surface area contributed by atoms with E-state index in [4.69, 9.17) is 4.74 Å². The van der Waals surface area contributed by atoms with Crippen LogP contribution in [0.5, 0.6) is 0 Å². The summed E-state index contributed by atoms with van der Waals surface area (Å²) in [6.45, 7) is 5.32.